The highest BCUT2D eigenvalue weighted by atomic mass is 35.5. The third-order valence-corrected chi connectivity index (χ3v) is 5.80. The minimum atomic E-state index is 0.259. The first-order valence-electron chi connectivity index (χ1n) is 6.92. The van der Waals surface area contributed by atoms with E-state index in [4.69, 9.17) is 16.3 Å². The molecule has 1 saturated heterocycles. The van der Waals surface area contributed by atoms with Crippen LogP contribution in [0.2, 0.25) is 4.34 Å². The lowest BCUT2D eigenvalue weighted by Gasteiger charge is -2.25. The van der Waals surface area contributed by atoms with Gasteiger partial charge in [-0.15, -0.1) is 22.7 Å². The fourth-order valence-corrected chi connectivity index (χ4v) is 4.58. The van der Waals surface area contributed by atoms with Gasteiger partial charge in [0.15, 0.2) is 0 Å². The van der Waals surface area contributed by atoms with E-state index in [0.717, 1.165) is 24.1 Å². The molecule has 108 valence electrons. The zero-order valence-corrected chi connectivity index (χ0v) is 13.6. The molecule has 3 rings (SSSR count). The van der Waals surface area contributed by atoms with Crippen molar-refractivity contribution in [2.45, 2.75) is 18.9 Å². The Morgan fingerprint density at radius 1 is 1.35 bits per heavy atom. The second kappa shape index (κ2) is 7.05. The summed E-state index contributed by atoms with van der Waals surface area (Å²) >= 11 is 9.54. The minimum absolute atomic E-state index is 0.259. The van der Waals surface area contributed by atoms with Gasteiger partial charge < -0.3 is 10.1 Å². The molecule has 0 radical (unpaired) electrons. The lowest BCUT2D eigenvalue weighted by Crippen LogP contribution is -2.31. The van der Waals surface area contributed by atoms with Crippen molar-refractivity contribution in [3.8, 4) is 0 Å². The summed E-state index contributed by atoms with van der Waals surface area (Å²) in [5.74, 6) is 0.627. The maximum Gasteiger partial charge on any atom is 0.0931 e. The van der Waals surface area contributed by atoms with E-state index >= 15 is 0 Å². The van der Waals surface area contributed by atoms with Crippen molar-refractivity contribution >= 4 is 34.3 Å². The molecule has 1 aliphatic heterocycles. The summed E-state index contributed by atoms with van der Waals surface area (Å²) in [5, 5.41) is 5.83. The van der Waals surface area contributed by atoms with Gasteiger partial charge in [0.05, 0.1) is 17.0 Å². The fraction of sp³-hybridized carbons (Fsp3) is 0.467. The lowest BCUT2D eigenvalue weighted by molar-refractivity contribution is 0.0543. The maximum absolute atomic E-state index is 6.09. The predicted octanol–water partition coefficient (Wildman–Crippen LogP) is 4.57. The number of thiophene rings is 2. The molecule has 0 bridgehead atoms. The third kappa shape index (κ3) is 3.62. The van der Waals surface area contributed by atoms with E-state index in [1.807, 2.05) is 6.07 Å². The van der Waals surface area contributed by atoms with Crippen LogP contribution in [0.15, 0.2) is 29.6 Å². The van der Waals surface area contributed by atoms with Crippen LogP contribution in [0.25, 0.3) is 0 Å². The Morgan fingerprint density at radius 2 is 2.30 bits per heavy atom. The average Bonchev–Trinajstić information content (AvgIpc) is 3.13. The second-order valence-corrected chi connectivity index (χ2v) is 7.81. The summed E-state index contributed by atoms with van der Waals surface area (Å²) in [6, 6.07) is 8.66. The molecule has 2 aromatic rings. The second-order valence-electron chi connectivity index (χ2n) is 5.08. The summed E-state index contributed by atoms with van der Waals surface area (Å²) < 4.78 is 6.41. The SMILES string of the molecule is Clc1ccc(C(NCC2CCCOC2)c2cccs2)s1. The highest BCUT2D eigenvalue weighted by Crippen LogP contribution is 2.33. The largest absolute Gasteiger partial charge is 0.381 e. The van der Waals surface area contributed by atoms with Gasteiger partial charge in [-0.3, -0.25) is 0 Å². The van der Waals surface area contributed by atoms with E-state index in [1.165, 1.54) is 22.6 Å². The van der Waals surface area contributed by atoms with Gasteiger partial charge in [0.1, 0.15) is 0 Å². The minimum Gasteiger partial charge on any atom is -0.381 e. The number of hydrogen-bond donors (Lipinski definition) is 1. The van der Waals surface area contributed by atoms with Gasteiger partial charge >= 0.3 is 0 Å². The van der Waals surface area contributed by atoms with Gasteiger partial charge in [-0.25, -0.2) is 0 Å². The molecule has 1 N–H and O–H groups in total. The summed E-state index contributed by atoms with van der Waals surface area (Å²) in [6.07, 6.45) is 2.44. The fourth-order valence-electron chi connectivity index (χ4n) is 2.53. The van der Waals surface area contributed by atoms with Gasteiger partial charge in [0.25, 0.3) is 0 Å². The van der Waals surface area contributed by atoms with Crippen LogP contribution in [0.1, 0.15) is 28.6 Å². The summed E-state index contributed by atoms with van der Waals surface area (Å²) in [5.41, 5.74) is 0. The molecule has 0 saturated carbocycles. The molecule has 2 atom stereocenters. The first-order valence-corrected chi connectivity index (χ1v) is 9.00. The van der Waals surface area contributed by atoms with Gasteiger partial charge in [-0.1, -0.05) is 17.7 Å². The van der Waals surface area contributed by atoms with Gasteiger partial charge in [-0.2, -0.15) is 0 Å². The molecular weight excluding hydrogens is 310 g/mol. The highest BCUT2D eigenvalue weighted by Gasteiger charge is 2.20. The summed E-state index contributed by atoms with van der Waals surface area (Å²) in [4.78, 5) is 2.63. The van der Waals surface area contributed by atoms with Crippen molar-refractivity contribution in [2.24, 2.45) is 5.92 Å². The molecule has 3 heterocycles. The molecular formula is C15H18ClNOS2. The average molecular weight is 328 g/mol. The molecule has 0 aliphatic carbocycles. The topological polar surface area (TPSA) is 21.3 Å². The lowest BCUT2D eigenvalue weighted by atomic mass is 10.0. The van der Waals surface area contributed by atoms with Gasteiger partial charge in [0.2, 0.25) is 0 Å². The smallest absolute Gasteiger partial charge is 0.0931 e. The monoisotopic (exact) mass is 327 g/mol. The van der Waals surface area contributed by atoms with Gasteiger partial charge in [0, 0.05) is 22.9 Å². The Balaban J connectivity index is 1.69. The van der Waals surface area contributed by atoms with E-state index in [-0.39, 0.29) is 6.04 Å². The zero-order chi connectivity index (χ0) is 13.8. The predicted molar refractivity (Wildman–Crippen MR) is 87.0 cm³/mol. The Bertz CT molecular complexity index is 520. The van der Waals surface area contributed by atoms with Crippen LogP contribution in [0.3, 0.4) is 0 Å². The molecule has 5 heteroatoms. The number of nitrogens with one attached hydrogen (secondary N) is 1. The number of rotatable bonds is 5. The van der Waals surface area contributed by atoms with E-state index in [1.54, 1.807) is 22.7 Å². The van der Waals surface area contributed by atoms with Crippen LogP contribution in [0.4, 0.5) is 0 Å². The molecule has 2 unspecified atom stereocenters. The van der Waals surface area contributed by atoms with Crippen molar-refractivity contribution in [3.05, 3.63) is 43.7 Å². The standard InChI is InChI=1S/C15H18ClNOS2/c16-14-6-5-13(20-14)15(12-4-2-8-19-12)17-9-11-3-1-7-18-10-11/h2,4-6,8,11,15,17H,1,3,7,9-10H2. The Morgan fingerprint density at radius 3 is 2.95 bits per heavy atom. The van der Waals surface area contributed by atoms with Crippen LogP contribution < -0.4 is 5.32 Å². The molecule has 2 nitrogen and oxygen atoms in total. The van der Waals surface area contributed by atoms with Gasteiger partial charge in [-0.05, 0) is 42.3 Å². The normalized spacial score (nSPS) is 20.9. The maximum atomic E-state index is 6.09. The first kappa shape index (κ1) is 14.5. The number of halogens is 1. The molecule has 0 aromatic carbocycles. The van der Waals surface area contributed by atoms with Crippen LogP contribution in [0.5, 0.6) is 0 Å². The summed E-state index contributed by atoms with van der Waals surface area (Å²) in [7, 11) is 0. The van der Waals surface area contributed by atoms with Crippen LogP contribution in [-0.2, 0) is 4.74 Å². The van der Waals surface area contributed by atoms with Crippen molar-refractivity contribution in [1.29, 1.82) is 0 Å². The van der Waals surface area contributed by atoms with E-state index in [0.29, 0.717) is 5.92 Å². The third-order valence-electron chi connectivity index (χ3n) is 3.57. The number of hydrogen-bond acceptors (Lipinski definition) is 4. The Hall–Kier alpha value is -0.390. The van der Waals surface area contributed by atoms with Crippen LogP contribution >= 0.6 is 34.3 Å². The van der Waals surface area contributed by atoms with E-state index in [2.05, 4.69) is 28.9 Å². The van der Waals surface area contributed by atoms with Crippen LogP contribution in [0, 0.1) is 5.92 Å². The van der Waals surface area contributed by atoms with Crippen molar-refractivity contribution in [3.63, 3.8) is 0 Å². The van der Waals surface area contributed by atoms with Crippen LogP contribution in [-0.4, -0.2) is 19.8 Å². The molecule has 20 heavy (non-hydrogen) atoms. The molecule has 0 spiro atoms. The van der Waals surface area contributed by atoms with Crippen molar-refractivity contribution in [2.75, 3.05) is 19.8 Å². The molecule has 1 aliphatic rings. The zero-order valence-electron chi connectivity index (χ0n) is 11.2. The molecule has 1 fully saturated rings. The van der Waals surface area contributed by atoms with E-state index in [9.17, 15) is 0 Å². The van der Waals surface area contributed by atoms with E-state index < -0.39 is 0 Å². The Labute approximate surface area is 132 Å². The molecule has 0 amide bonds. The Kier molecular flexibility index (Phi) is 5.13. The highest BCUT2D eigenvalue weighted by molar-refractivity contribution is 7.16. The van der Waals surface area contributed by atoms with Crippen molar-refractivity contribution < 1.29 is 4.74 Å². The summed E-state index contributed by atoms with van der Waals surface area (Å²) in [6.45, 7) is 2.80. The quantitative estimate of drug-likeness (QED) is 0.868. The molecule has 2 aromatic heterocycles. The first-order chi connectivity index (χ1) is 9.83. The number of ether oxygens (including phenoxy) is 1. The van der Waals surface area contributed by atoms with Crippen molar-refractivity contribution in [1.82, 2.24) is 5.32 Å².